The molecule has 0 aromatic heterocycles. The molecule has 48 valence electrons. The Labute approximate surface area is 49.8 Å². The molecule has 0 atom stereocenters. The average molecular weight is 134 g/mol. The summed E-state index contributed by atoms with van der Waals surface area (Å²) in [7, 11) is -2.62. The van der Waals surface area contributed by atoms with E-state index in [1.54, 1.807) is 6.92 Å². The van der Waals surface area contributed by atoms with E-state index < -0.39 is 9.84 Å². The van der Waals surface area contributed by atoms with Crippen LogP contribution in [0.4, 0.5) is 0 Å². The number of sulfone groups is 1. The van der Waals surface area contributed by atoms with Crippen LogP contribution in [0, 0.1) is 0 Å². The topological polar surface area (TPSA) is 34.1 Å². The molecule has 0 radical (unpaired) electrons. The Bertz CT molecular complexity index is 165. The maximum absolute atomic E-state index is 10.8. The average Bonchev–Trinajstić information content (AvgIpc) is 2.44. The number of rotatable bonds is 2. The molecule has 3 heteroatoms. The Hall–Kier alpha value is -0.0500. The third-order valence-electron chi connectivity index (χ3n) is 1.43. The van der Waals surface area contributed by atoms with Crippen LogP contribution >= 0.6 is 0 Å². The Kier molecular flexibility index (Phi) is 1.31. The molecule has 0 N–H and O–H groups in total. The Morgan fingerprint density at radius 1 is 1.50 bits per heavy atom. The lowest BCUT2D eigenvalue weighted by atomic mass is 11.0. The van der Waals surface area contributed by atoms with Crippen LogP contribution in [0.3, 0.4) is 0 Å². The second-order valence-electron chi connectivity index (χ2n) is 2.15. The zero-order valence-electron chi connectivity index (χ0n) is 4.92. The Morgan fingerprint density at radius 2 is 2.00 bits per heavy atom. The first-order chi connectivity index (χ1) is 3.67. The fourth-order valence-corrected chi connectivity index (χ4v) is 1.99. The van der Waals surface area contributed by atoms with Gasteiger partial charge < -0.3 is 0 Å². The van der Waals surface area contributed by atoms with Gasteiger partial charge in [-0.15, -0.1) is 0 Å². The van der Waals surface area contributed by atoms with Crippen molar-refractivity contribution < 1.29 is 8.42 Å². The first-order valence-electron chi connectivity index (χ1n) is 2.88. The fourth-order valence-electron chi connectivity index (χ4n) is 0.663. The third-order valence-corrected chi connectivity index (χ3v) is 3.73. The van der Waals surface area contributed by atoms with Crippen molar-refractivity contribution in [2.75, 3.05) is 5.75 Å². The highest BCUT2D eigenvalue weighted by molar-refractivity contribution is 7.92. The molecular weight excluding hydrogens is 124 g/mol. The summed E-state index contributed by atoms with van der Waals surface area (Å²) < 4.78 is 21.5. The van der Waals surface area contributed by atoms with Crippen LogP contribution in [0.15, 0.2) is 0 Å². The van der Waals surface area contributed by atoms with Crippen LogP contribution in [0.25, 0.3) is 0 Å². The van der Waals surface area contributed by atoms with Crippen molar-refractivity contribution in [1.29, 1.82) is 0 Å². The van der Waals surface area contributed by atoms with Crippen molar-refractivity contribution in [1.82, 2.24) is 0 Å². The SMILES string of the molecule is CCS(=O)(=O)C1CC1. The van der Waals surface area contributed by atoms with Gasteiger partial charge in [0.15, 0.2) is 9.84 Å². The van der Waals surface area contributed by atoms with Crippen molar-refractivity contribution in [3.63, 3.8) is 0 Å². The molecule has 0 aromatic rings. The molecule has 1 aliphatic carbocycles. The Balaban J connectivity index is 2.65. The summed E-state index contributed by atoms with van der Waals surface area (Å²) in [6.07, 6.45) is 1.80. The summed E-state index contributed by atoms with van der Waals surface area (Å²) in [5.74, 6) is 0.317. The fraction of sp³-hybridized carbons (Fsp3) is 1.00. The largest absolute Gasteiger partial charge is 0.229 e. The minimum absolute atomic E-state index is 0.0347. The molecule has 2 nitrogen and oxygen atoms in total. The van der Waals surface area contributed by atoms with E-state index in [1.165, 1.54) is 0 Å². The predicted octanol–water partition coefficient (Wildman–Crippen LogP) is 0.584. The summed E-state index contributed by atoms with van der Waals surface area (Å²) in [6, 6.07) is 0. The molecule has 0 aliphatic heterocycles. The normalized spacial score (nSPS) is 21.1. The van der Waals surface area contributed by atoms with Crippen LogP contribution in [0.2, 0.25) is 0 Å². The highest BCUT2D eigenvalue weighted by atomic mass is 32.2. The molecule has 0 bridgehead atoms. The lowest BCUT2D eigenvalue weighted by Gasteiger charge is -1.92. The number of hydrogen-bond acceptors (Lipinski definition) is 2. The second kappa shape index (κ2) is 1.72. The summed E-state index contributed by atoms with van der Waals surface area (Å²) >= 11 is 0. The van der Waals surface area contributed by atoms with Crippen molar-refractivity contribution in [2.24, 2.45) is 0 Å². The van der Waals surface area contributed by atoms with Gasteiger partial charge in [0.1, 0.15) is 0 Å². The van der Waals surface area contributed by atoms with Gasteiger partial charge in [0.05, 0.1) is 5.25 Å². The molecule has 0 saturated heterocycles. The molecule has 0 unspecified atom stereocenters. The molecule has 1 rings (SSSR count). The van der Waals surface area contributed by atoms with E-state index in [4.69, 9.17) is 0 Å². The van der Waals surface area contributed by atoms with Crippen LogP contribution in [-0.4, -0.2) is 19.4 Å². The van der Waals surface area contributed by atoms with Gasteiger partial charge in [-0.1, -0.05) is 6.92 Å². The standard InChI is InChI=1S/C5H10O2S/c1-2-8(6,7)5-3-4-5/h5H,2-4H2,1H3. The third kappa shape index (κ3) is 1.02. The molecule has 1 aliphatic rings. The molecule has 0 heterocycles. The minimum Gasteiger partial charge on any atom is -0.229 e. The molecular formula is C5H10O2S. The number of hydrogen-bond donors (Lipinski definition) is 0. The van der Waals surface area contributed by atoms with E-state index in [2.05, 4.69) is 0 Å². The molecule has 1 saturated carbocycles. The summed E-state index contributed by atoms with van der Waals surface area (Å²) in [5, 5.41) is 0.0347. The van der Waals surface area contributed by atoms with E-state index in [0.29, 0.717) is 5.75 Å². The zero-order chi connectivity index (χ0) is 6.20. The van der Waals surface area contributed by atoms with E-state index in [1.807, 2.05) is 0 Å². The summed E-state index contributed by atoms with van der Waals surface area (Å²) in [6.45, 7) is 1.70. The van der Waals surface area contributed by atoms with Crippen LogP contribution in [0.5, 0.6) is 0 Å². The van der Waals surface area contributed by atoms with Gasteiger partial charge in [-0.2, -0.15) is 0 Å². The van der Waals surface area contributed by atoms with Gasteiger partial charge in [0.25, 0.3) is 0 Å². The van der Waals surface area contributed by atoms with Gasteiger partial charge in [-0.3, -0.25) is 0 Å². The monoisotopic (exact) mass is 134 g/mol. The molecule has 0 amide bonds. The van der Waals surface area contributed by atoms with Gasteiger partial charge in [-0.05, 0) is 12.8 Å². The van der Waals surface area contributed by atoms with Crippen molar-refractivity contribution >= 4 is 9.84 Å². The van der Waals surface area contributed by atoms with Crippen LogP contribution in [-0.2, 0) is 9.84 Å². The maximum Gasteiger partial charge on any atom is 0.152 e. The molecule has 0 aromatic carbocycles. The molecule has 1 fully saturated rings. The zero-order valence-corrected chi connectivity index (χ0v) is 5.74. The highest BCUT2D eigenvalue weighted by Crippen LogP contribution is 2.28. The van der Waals surface area contributed by atoms with Gasteiger partial charge >= 0.3 is 0 Å². The quantitative estimate of drug-likeness (QED) is 0.553. The van der Waals surface area contributed by atoms with E-state index >= 15 is 0 Å². The van der Waals surface area contributed by atoms with Gasteiger partial charge in [0, 0.05) is 5.75 Å². The highest BCUT2D eigenvalue weighted by Gasteiger charge is 2.33. The predicted molar refractivity (Wildman–Crippen MR) is 32.5 cm³/mol. The summed E-state index contributed by atoms with van der Waals surface area (Å²) in [5.41, 5.74) is 0. The Morgan fingerprint density at radius 3 is 2.12 bits per heavy atom. The van der Waals surface area contributed by atoms with Crippen molar-refractivity contribution in [3.05, 3.63) is 0 Å². The van der Waals surface area contributed by atoms with E-state index in [-0.39, 0.29) is 5.25 Å². The van der Waals surface area contributed by atoms with Crippen molar-refractivity contribution in [2.45, 2.75) is 25.0 Å². The minimum atomic E-state index is -2.62. The van der Waals surface area contributed by atoms with E-state index in [9.17, 15) is 8.42 Å². The van der Waals surface area contributed by atoms with Gasteiger partial charge in [0.2, 0.25) is 0 Å². The van der Waals surface area contributed by atoms with Gasteiger partial charge in [-0.25, -0.2) is 8.42 Å². The first-order valence-corrected chi connectivity index (χ1v) is 4.60. The first kappa shape index (κ1) is 6.08. The maximum atomic E-state index is 10.8. The van der Waals surface area contributed by atoms with Crippen LogP contribution < -0.4 is 0 Å². The summed E-state index contributed by atoms with van der Waals surface area (Å²) in [4.78, 5) is 0. The molecule has 8 heavy (non-hydrogen) atoms. The smallest absolute Gasteiger partial charge is 0.152 e. The van der Waals surface area contributed by atoms with Crippen LogP contribution in [0.1, 0.15) is 19.8 Å². The second-order valence-corrected chi connectivity index (χ2v) is 4.72. The van der Waals surface area contributed by atoms with Crippen molar-refractivity contribution in [3.8, 4) is 0 Å². The van der Waals surface area contributed by atoms with E-state index in [0.717, 1.165) is 12.8 Å². The lowest BCUT2D eigenvalue weighted by Crippen LogP contribution is -2.08. The molecule has 0 spiro atoms. The lowest BCUT2D eigenvalue weighted by molar-refractivity contribution is 0.596.